The molecule has 1 aliphatic carbocycles. The van der Waals surface area contributed by atoms with Gasteiger partial charge in [0.25, 0.3) is 17.7 Å². The number of rotatable bonds is 2. The minimum atomic E-state index is -3.88. The van der Waals surface area contributed by atoms with E-state index in [-0.39, 0.29) is 57.5 Å². The number of alkyl halides is 4. The second kappa shape index (κ2) is 9.15. The molecule has 0 spiro atoms. The first-order chi connectivity index (χ1) is 24.9. The van der Waals surface area contributed by atoms with Gasteiger partial charge >= 0.3 is 12.6 Å². The first kappa shape index (κ1) is 29.1. The Kier molecular flexibility index (Phi) is 5.11. The molecule has 52 heavy (non-hydrogen) atoms. The van der Waals surface area contributed by atoms with E-state index < -0.39 is 42.1 Å². The van der Waals surface area contributed by atoms with Gasteiger partial charge in [-0.15, -0.1) is 17.6 Å². The summed E-state index contributed by atoms with van der Waals surface area (Å²) in [6.07, 6.45) is -5.66. The first-order valence-electron chi connectivity index (χ1n) is 15.9. The lowest BCUT2D eigenvalue weighted by Gasteiger charge is -2.35. The number of amides is 4. The van der Waals surface area contributed by atoms with E-state index >= 15 is 0 Å². The molecular weight excluding hydrogens is 688 g/mol. The van der Waals surface area contributed by atoms with Crippen molar-refractivity contribution >= 4 is 73.4 Å². The number of hydrogen-bond acceptors (Lipinski definition) is 8. The van der Waals surface area contributed by atoms with Gasteiger partial charge in [-0.1, -0.05) is 24.3 Å². The predicted octanol–water partition coefficient (Wildman–Crippen LogP) is 6.76. The lowest BCUT2D eigenvalue weighted by atomic mass is 9.76. The van der Waals surface area contributed by atoms with Crippen molar-refractivity contribution in [1.29, 1.82) is 0 Å². The van der Waals surface area contributed by atoms with Gasteiger partial charge in [0.2, 0.25) is 5.91 Å². The van der Waals surface area contributed by atoms with Crippen molar-refractivity contribution in [3.8, 4) is 23.0 Å². The summed E-state index contributed by atoms with van der Waals surface area (Å²) in [6, 6.07) is 17.5. The molecule has 4 amide bonds. The quantitative estimate of drug-likeness (QED) is 0.0842. The molecule has 6 aromatic rings. The number of fused-ring (bicyclic) bond motifs is 4. The molecule has 0 radical (unpaired) electrons. The minimum absolute atomic E-state index is 0.0224. The maximum absolute atomic E-state index is 14.1. The molecule has 10 nitrogen and oxygen atoms in total. The van der Waals surface area contributed by atoms with Crippen LogP contribution >= 0.6 is 0 Å². The molecule has 0 aromatic heterocycles. The lowest BCUT2D eigenvalue weighted by Crippen LogP contribution is -2.46. The van der Waals surface area contributed by atoms with E-state index in [2.05, 4.69) is 18.9 Å². The van der Waals surface area contributed by atoms with Crippen molar-refractivity contribution in [2.45, 2.75) is 24.9 Å². The van der Waals surface area contributed by atoms with Crippen LogP contribution in [0.3, 0.4) is 0 Å². The predicted molar refractivity (Wildman–Crippen MR) is 174 cm³/mol. The van der Waals surface area contributed by atoms with Crippen molar-refractivity contribution in [3.63, 3.8) is 0 Å². The van der Waals surface area contributed by atoms with E-state index in [0.717, 1.165) is 21.1 Å². The smallest absolute Gasteiger partial charge is 0.395 e. The van der Waals surface area contributed by atoms with Gasteiger partial charge in [0.05, 0.1) is 17.3 Å². The molecule has 14 heteroatoms. The SMILES string of the molecule is O=C1c2ccc3c4c2C(CC=c4c2ccc4c5c(ccc3c52)C(=O)N(c2ccc3c(c2)OC(F)(F)O3)C4=O)C(=O)N1c1ccc2c(c1)OC(F)(F)O2. The Bertz CT molecular complexity index is 2830. The van der Waals surface area contributed by atoms with Gasteiger partial charge in [-0.25, -0.2) is 9.80 Å². The van der Waals surface area contributed by atoms with Crippen LogP contribution in [0.1, 0.15) is 49.0 Å². The monoisotopic (exact) mass is 704 g/mol. The van der Waals surface area contributed by atoms with Crippen LogP contribution in [-0.4, -0.2) is 36.2 Å². The Morgan fingerprint density at radius 1 is 0.538 bits per heavy atom. The van der Waals surface area contributed by atoms with E-state index in [4.69, 9.17) is 0 Å². The van der Waals surface area contributed by atoms with Crippen molar-refractivity contribution in [3.05, 3.63) is 100 Å². The molecule has 0 saturated carbocycles. The largest absolute Gasteiger partial charge is 0.586 e. The summed E-state index contributed by atoms with van der Waals surface area (Å²) >= 11 is 0. The summed E-state index contributed by atoms with van der Waals surface area (Å²) in [6.45, 7) is 0. The molecule has 11 rings (SSSR count). The molecule has 0 bridgehead atoms. The van der Waals surface area contributed by atoms with E-state index in [1.54, 1.807) is 36.4 Å². The van der Waals surface area contributed by atoms with Crippen LogP contribution < -0.4 is 34.0 Å². The maximum Gasteiger partial charge on any atom is 0.586 e. The summed E-state index contributed by atoms with van der Waals surface area (Å²) in [5, 5.41) is 4.57. The zero-order valence-electron chi connectivity index (χ0n) is 26.0. The number of anilines is 2. The molecule has 6 aromatic carbocycles. The number of hydrogen-bond donors (Lipinski definition) is 0. The number of ether oxygens (including phenoxy) is 4. The highest BCUT2D eigenvalue weighted by Gasteiger charge is 2.47. The number of benzene rings is 6. The highest BCUT2D eigenvalue weighted by atomic mass is 19.3. The van der Waals surface area contributed by atoms with Gasteiger partial charge in [0.15, 0.2) is 23.0 Å². The molecule has 0 N–H and O–H groups in total. The van der Waals surface area contributed by atoms with Crippen LogP contribution in [-0.2, 0) is 4.79 Å². The van der Waals surface area contributed by atoms with Crippen LogP contribution in [0.5, 0.6) is 23.0 Å². The van der Waals surface area contributed by atoms with E-state index in [1.807, 2.05) is 6.08 Å². The Hall–Kier alpha value is -6.70. The number of carbonyl (C=O) groups is 4. The molecule has 1 atom stereocenters. The van der Waals surface area contributed by atoms with Crippen molar-refractivity contribution in [1.82, 2.24) is 0 Å². The number of nitrogens with zero attached hydrogens (tertiary/aromatic N) is 2. The molecule has 254 valence electrons. The Morgan fingerprint density at radius 2 is 1.04 bits per heavy atom. The molecule has 4 aliphatic heterocycles. The van der Waals surface area contributed by atoms with Gasteiger partial charge < -0.3 is 18.9 Å². The fourth-order valence-electron chi connectivity index (χ4n) is 8.25. The average molecular weight is 705 g/mol. The van der Waals surface area contributed by atoms with Crippen LogP contribution in [0.15, 0.2) is 72.8 Å². The van der Waals surface area contributed by atoms with Gasteiger partial charge in [0.1, 0.15) is 0 Å². The Morgan fingerprint density at radius 3 is 1.65 bits per heavy atom. The minimum Gasteiger partial charge on any atom is -0.395 e. The second-order valence-corrected chi connectivity index (χ2v) is 12.9. The normalized spacial score (nSPS) is 20.0. The van der Waals surface area contributed by atoms with Crippen LogP contribution in [0.2, 0.25) is 0 Å². The summed E-state index contributed by atoms with van der Waals surface area (Å²) in [4.78, 5) is 58.0. The molecule has 0 saturated heterocycles. The zero-order chi connectivity index (χ0) is 35.6. The number of imide groups is 2. The highest BCUT2D eigenvalue weighted by Crippen LogP contribution is 2.48. The highest BCUT2D eigenvalue weighted by molar-refractivity contribution is 6.40. The van der Waals surface area contributed by atoms with Crippen LogP contribution in [0.25, 0.3) is 38.4 Å². The summed E-state index contributed by atoms with van der Waals surface area (Å²) in [5.74, 6) is -4.34. The third kappa shape index (κ3) is 3.57. The zero-order valence-corrected chi connectivity index (χ0v) is 26.0. The molecular formula is C38H16F4N2O8. The topological polar surface area (TPSA) is 112 Å². The second-order valence-electron chi connectivity index (χ2n) is 12.9. The summed E-state index contributed by atoms with van der Waals surface area (Å²) < 4.78 is 72.9. The third-order valence-electron chi connectivity index (χ3n) is 10.3. The molecule has 5 aliphatic rings. The Labute approximate surface area is 286 Å². The third-order valence-corrected chi connectivity index (χ3v) is 10.3. The van der Waals surface area contributed by atoms with E-state index in [9.17, 15) is 36.7 Å². The maximum atomic E-state index is 14.1. The Balaban J connectivity index is 1.06. The average Bonchev–Trinajstić information content (AvgIpc) is 3.60. The van der Waals surface area contributed by atoms with E-state index in [1.165, 1.54) is 30.3 Å². The van der Waals surface area contributed by atoms with E-state index in [0.29, 0.717) is 37.9 Å². The van der Waals surface area contributed by atoms with Gasteiger partial charge in [-0.05, 0) is 86.6 Å². The summed E-state index contributed by atoms with van der Waals surface area (Å²) in [5.41, 5.74) is 1.33. The van der Waals surface area contributed by atoms with Crippen molar-refractivity contribution in [2.24, 2.45) is 0 Å². The molecule has 4 heterocycles. The van der Waals surface area contributed by atoms with Gasteiger partial charge in [0, 0.05) is 34.2 Å². The van der Waals surface area contributed by atoms with Gasteiger partial charge in [-0.3, -0.25) is 19.2 Å². The number of carbonyl (C=O) groups excluding carboxylic acids is 4. The van der Waals surface area contributed by atoms with Crippen LogP contribution in [0, 0.1) is 0 Å². The standard InChI is InChI=1S/C38H16F4N2O8/c39-37(40)49-25-11-1-15(13-27(25)51-37)43-33(45)21-7-3-17-19-5-9-23-32-24(10-6-20(30(19)32)18-4-8-22(34(43)46)31(21)29(17)18)36(48)44(35(23)47)16-2-12-26-28(14-16)52-38(41,42)50-26/h1-9,11-14,24H,10H2. The van der Waals surface area contributed by atoms with Crippen molar-refractivity contribution in [2.75, 3.05) is 9.80 Å². The molecule has 1 unspecified atom stereocenters. The summed E-state index contributed by atoms with van der Waals surface area (Å²) in [7, 11) is 0. The fourth-order valence-corrected chi connectivity index (χ4v) is 8.25. The fraction of sp³-hybridized carbons (Fsp3) is 0.105. The van der Waals surface area contributed by atoms with Crippen LogP contribution in [0.4, 0.5) is 28.9 Å². The lowest BCUT2D eigenvalue weighted by molar-refractivity contribution is -0.287. The van der Waals surface area contributed by atoms with Gasteiger partial charge in [-0.2, -0.15) is 0 Å². The van der Waals surface area contributed by atoms with Crippen molar-refractivity contribution < 1.29 is 55.7 Å². The first-order valence-corrected chi connectivity index (χ1v) is 15.9. The number of halogens is 4. The molecule has 0 fully saturated rings.